The van der Waals surface area contributed by atoms with Crippen LogP contribution >= 0.6 is 15.9 Å². The molecule has 2 aromatic carbocycles. The lowest BCUT2D eigenvalue weighted by Gasteiger charge is -2.21. The molecule has 0 aliphatic rings. The second-order valence-corrected chi connectivity index (χ2v) is 7.22. The first-order valence-corrected chi connectivity index (χ1v) is 9.27. The smallest absolute Gasteiger partial charge is 0.234 e. The monoisotopic (exact) mass is 438 g/mol. The van der Waals surface area contributed by atoms with Crippen molar-refractivity contribution >= 4 is 21.8 Å². The predicted molar refractivity (Wildman–Crippen MR) is 107 cm³/mol. The van der Waals surface area contributed by atoms with Crippen molar-refractivity contribution < 1.29 is 18.7 Å². The third-order valence-electron chi connectivity index (χ3n) is 4.14. The van der Waals surface area contributed by atoms with Gasteiger partial charge in [-0.3, -0.25) is 9.69 Å². The molecule has 0 radical (unpaired) electrons. The highest BCUT2D eigenvalue weighted by atomic mass is 79.9. The fourth-order valence-corrected chi connectivity index (χ4v) is 3.21. The molecule has 0 spiro atoms. The quantitative estimate of drug-likeness (QED) is 0.678. The Morgan fingerprint density at radius 3 is 2.63 bits per heavy atom. The number of halogens is 2. The van der Waals surface area contributed by atoms with Crippen LogP contribution in [-0.2, 0) is 11.3 Å². The standard InChI is InChI=1S/C20H24BrFN2O3/c1-13(17-10-16(26-3)6-8-19(17)27-4)23-20(25)12-24(2)11-14-9-15(21)5-7-18(14)22/h5-10,13H,11-12H2,1-4H3,(H,23,25). The number of nitrogens with one attached hydrogen (secondary N) is 1. The molecule has 0 saturated heterocycles. The van der Waals surface area contributed by atoms with Crippen LogP contribution < -0.4 is 14.8 Å². The van der Waals surface area contributed by atoms with Gasteiger partial charge in [-0.05, 0) is 50.4 Å². The number of amides is 1. The fourth-order valence-electron chi connectivity index (χ4n) is 2.80. The van der Waals surface area contributed by atoms with Crippen LogP contribution in [0.25, 0.3) is 0 Å². The van der Waals surface area contributed by atoms with E-state index in [1.54, 1.807) is 50.4 Å². The Morgan fingerprint density at radius 2 is 1.96 bits per heavy atom. The van der Waals surface area contributed by atoms with Gasteiger partial charge in [0.1, 0.15) is 17.3 Å². The van der Waals surface area contributed by atoms with E-state index >= 15 is 0 Å². The second kappa shape index (κ2) is 9.71. The number of rotatable bonds is 8. The van der Waals surface area contributed by atoms with Crippen molar-refractivity contribution in [1.82, 2.24) is 10.2 Å². The van der Waals surface area contributed by atoms with E-state index in [1.165, 1.54) is 6.07 Å². The van der Waals surface area contributed by atoms with Crippen molar-refractivity contribution in [3.63, 3.8) is 0 Å². The molecule has 27 heavy (non-hydrogen) atoms. The predicted octanol–water partition coefficient (Wildman–Crippen LogP) is 3.91. The minimum atomic E-state index is -0.292. The van der Waals surface area contributed by atoms with E-state index in [1.807, 2.05) is 13.0 Å². The lowest BCUT2D eigenvalue weighted by molar-refractivity contribution is -0.122. The summed E-state index contributed by atoms with van der Waals surface area (Å²) >= 11 is 3.33. The van der Waals surface area contributed by atoms with Crippen LogP contribution in [0.3, 0.4) is 0 Å². The van der Waals surface area contributed by atoms with E-state index in [0.717, 1.165) is 10.0 Å². The van der Waals surface area contributed by atoms with E-state index in [2.05, 4.69) is 21.2 Å². The Labute approximate surface area is 167 Å². The number of carbonyl (C=O) groups is 1. The maximum absolute atomic E-state index is 13.9. The maximum Gasteiger partial charge on any atom is 0.234 e. The van der Waals surface area contributed by atoms with Crippen molar-refractivity contribution in [2.24, 2.45) is 0 Å². The second-order valence-electron chi connectivity index (χ2n) is 6.31. The fraction of sp³-hybridized carbons (Fsp3) is 0.350. The van der Waals surface area contributed by atoms with Crippen molar-refractivity contribution in [3.05, 3.63) is 57.8 Å². The lowest BCUT2D eigenvalue weighted by atomic mass is 10.1. The first-order valence-electron chi connectivity index (χ1n) is 8.47. The molecular weight excluding hydrogens is 415 g/mol. The summed E-state index contributed by atoms with van der Waals surface area (Å²) in [7, 11) is 4.95. The summed E-state index contributed by atoms with van der Waals surface area (Å²) in [6.45, 7) is 2.35. The summed E-state index contributed by atoms with van der Waals surface area (Å²) in [5.74, 6) is 0.910. The van der Waals surface area contributed by atoms with Gasteiger partial charge < -0.3 is 14.8 Å². The van der Waals surface area contributed by atoms with Crippen LogP contribution in [0.4, 0.5) is 4.39 Å². The number of benzene rings is 2. The number of nitrogens with zero attached hydrogens (tertiary/aromatic N) is 1. The van der Waals surface area contributed by atoms with Crippen LogP contribution in [0.2, 0.25) is 0 Å². The molecule has 0 fully saturated rings. The summed E-state index contributed by atoms with van der Waals surface area (Å²) in [5.41, 5.74) is 1.35. The molecule has 0 aliphatic heterocycles. The van der Waals surface area contributed by atoms with Crippen LogP contribution in [0.15, 0.2) is 40.9 Å². The molecule has 146 valence electrons. The first-order chi connectivity index (χ1) is 12.8. The minimum Gasteiger partial charge on any atom is -0.497 e. The van der Waals surface area contributed by atoms with Gasteiger partial charge in [-0.1, -0.05) is 15.9 Å². The SMILES string of the molecule is COc1ccc(OC)c(C(C)NC(=O)CN(C)Cc2cc(Br)ccc2F)c1. The molecule has 1 unspecified atom stereocenters. The molecule has 0 aliphatic carbocycles. The maximum atomic E-state index is 13.9. The third-order valence-corrected chi connectivity index (χ3v) is 4.64. The van der Waals surface area contributed by atoms with E-state index in [0.29, 0.717) is 23.6 Å². The highest BCUT2D eigenvalue weighted by Gasteiger charge is 2.17. The molecule has 2 rings (SSSR count). The van der Waals surface area contributed by atoms with Gasteiger partial charge in [0.25, 0.3) is 0 Å². The molecule has 0 heterocycles. The van der Waals surface area contributed by atoms with E-state index in [4.69, 9.17) is 9.47 Å². The van der Waals surface area contributed by atoms with Gasteiger partial charge >= 0.3 is 0 Å². The van der Waals surface area contributed by atoms with Crippen LogP contribution in [0, 0.1) is 5.82 Å². The van der Waals surface area contributed by atoms with Gasteiger partial charge in [-0.25, -0.2) is 4.39 Å². The summed E-state index contributed by atoms with van der Waals surface area (Å²) in [4.78, 5) is 14.2. The molecule has 7 heteroatoms. The number of ether oxygens (including phenoxy) is 2. The summed E-state index contributed by atoms with van der Waals surface area (Å²) < 4.78 is 25.3. The van der Waals surface area contributed by atoms with Crippen molar-refractivity contribution in [2.45, 2.75) is 19.5 Å². The lowest BCUT2D eigenvalue weighted by Crippen LogP contribution is -2.36. The molecule has 1 atom stereocenters. The first kappa shape index (κ1) is 21.2. The van der Waals surface area contributed by atoms with Crippen LogP contribution in [-0.4, -0.2) is 38.6 Å². The number of carbonyl (C=O) groups excluding carboxylic acids is 1. The summed E-state index contributed by atoms with van der Waals surface area (Å²) in [6.07, 6.45) is 0. The van der Waals surface area contributed by atoms with E-state index in [-0.39, 0.29) is 24.3 Å². The highest BCUT2D eigenvalue weighted by Crippen LogP contribution is 2.29. The number of methoxy groups -OCH3 is 2. The summed E-state index contributed by atoms with van der Waals surface area (Å²) in [5, 5.41) is 2.95. The van der Waals surface area contributed by atoms with Gasteiger partial charge in [-0.15, -0.1) is 0 Å². The number of likely N-dealkylation sites (N-methyl/N-ethyl adjacent to an activating group) is 1. The largest absolute Gasteiger partial charge is 0.497 e. The number of hydrogen-bond donors (Lipinski definition) is 1. The van der Waals surface area contributed by atoms with Crippen LogP contribution in [0.5, 0.6) is 11.5 Å². The van der Waals surface area contributed by atoms with Crippen molar-refractivity contribution in [3.8, 4) is 11.5 Å². The van der Waals surface area contributed by atoms with Gasteiger partial charge in [0.2, 0.25) is 5.91 Å². The van der Waals surface area contributed by atoms with Gasteiger partial charge in [0.05, 0.1) is 26.8 Å². The zero-order valence-corrected chi connectivity index (χ0v) is 17.5. The zero-order chi connectivity index (χ0) is 20.0. The molecule has 0 aromatic heterocycles. The van der Waals surface area contributed by atoms with Crippen LogP contribution in [0.1, 0.15) is 24.1 Å². The average Bonchev–Trinajstić information content (AvgIpc) is 2.63. The Kier molecular flexibility index (Phi) is 7.62. The Bertz CT molecular complexity index is 801. The van der Waals surface area contributed by atoms with Gasteiger partial charge in [0.15, 0.2) is 0 Å². The average molecular weight is 439 g/mol. The summed E-state index contributed by atoms with van der Waals surface area (Å²) in [6, 6.07) is 9.95. The molecule has 1 amide bonds. The molecule has 0 bridgehead atoms. The molecule has 0 saturated carbocycles. The Hall–Kier alpha value is -2.12. The molecule has 2 aromatic rings. The Morgan fingerprint density at radius 1 is 1.22 bits per heavy atom. The van der Waals surface area contributed by atoms with Crippen molar-refractivity contribution in [2.75, 3.05) is 27.8 Å². The third kappa shape index (κ3) is 5.94. The minimum absolute atomic E-state index is 0.141. The molecular formula is C20H24BrFN2O3. The molecule has 5 nitrogen and oxygen atoms in total. The Balaban J connectivity index is 1.99. The topological polar surface area (TPSA) is 50.8 Å². The van der Waals surface area contributed by atoms with E-state index in [9.17, 15) is 9.18 Å². The van der Waals surface area contributed by atoms with Gasteiger partial charge in [0, 0.05) is 22.1 Å². The normalized spacial score (nSPS) is 12.0. The van der Waals surface area contributed by atoms with Gasteiger partial charge in [-0.2, -0.15) is 0 Å². The van der Waals surface area contributed by atoms with E-state index < -0.39 is 0 Å². The molecule has 1 N–H and O–H groups in total. The van der Waals surface area contributed by atoms with Crippen molar-refractivity contribution in [1.29, 1.82) is 0 Å². The number of hydrogen-bond acceptors (Lipinski definition) is 4. The highest BCUT2D eigenvalue weighted by molar-refractivity contribution is 9.10. The zero-order valence-electron chi connectivity index (χ0n) is 15.9.